The van der Waals surface area contributed by atoms with E-state index < -0.39 is 32.5 Å². The molecular weight excluding hydrogens is 603 g/mol. The third kappa shape index (κ3) is 34.9. The van der Waals surface area contributed by atoms with Gasteiger partial charge in [0.15, 0.2) is 6.10 Å². The quantitative estimate of drug-likeness (QED) is 0.0315. The predicted octanol–water partition coefficient (Wildman–Crippen LogP) is 10.4. The molecule has 1 atom stereocenters. The first-order valence-electron chi connectivity index (χ1n) is 17.9. The number of rotatable bonds is 32. The molecule has 266 valence electrons. The lowest BCUT2D eigenvalue weighted by atomic mass is 10.1. The third-order valence-electron chi connectivity index (χ3n) is 7.32. The Kier molecular flexibility index (Phi) is 31.5. The number of hydrogen-bond donors (Lipinski definition) is 2. The minimum Gasteiger partial charge on any atom is -0.462 e. The van der Waals surface area contributed by atoms with E-state index in [1.165, 1.54) is 57.8 Å². The second-order valence-corrected chi connectivity index (χ2v) is 13.1. The molecule has 8 nitrogen and oxygen atoms in total. The number of phosphoric ester groups is 1. The summed E-state index contributed by atoms with van der Waals surface area (Å²) in [5.41, 5.74) is 0. The van der Waals surface area contributed by atoms with Gasteiger partial charge in [0.25, 0.3) is 0 Å². The molecule has 0 saturated heterocycles. The molecule has 0 aromatic carbocycles. The maximum atomic E-state index is 12.3. The highest BCUT2D eigenvalue weighted by molar-refractivity contribution is 7.46. The Morgan fingerprint density at radius 2 is 0.978 bits per heavy atom. The van der Waals surface area contributed by atoms with Gasteiger partial charge in [0.05, 0.1) is 6.61 Å². The van der Waals surface area contributed by atoms with Gasteiger partial charge in [-0.15, -0.1) is 0 Å². The Hall–Kier alpha value is -1.99. The zero-order chi connectivity index (χ0) is 34.0. The van der Waals surface area contributed by atoms with Gasteiger partial charge in [-0.3, -0.25) is 14.1 Å². The van der Waals surface area contributed by atoms with Crippen LogP contribution >= 0.6 is 7.82 Å². The molecule has 0 saturated carbocycles. The van der Waals surface area contributed by atoms with Gasteiger partial charge in [0.1, 0.15) is 6.61 Å². The Balaban J connectivity index is 4.10. The van der Waals surface area contributed by atoms with Crippen LogP contribution in [-0.4, -0.2) is 41.0 Å². The Morgan fingerprint density at radius 3 is 1.57 bits per heavy atom. The Bertz CT molecular complexity index is 890. The fourth-order valence-corrected chi connectivity index (χ4v) is 4.97. The van der Waals surface area contributed by atoms with Crippen LogP contribution in [0.1, 0.15) is 155 Å². The molecule has 9 heteroatoms. The minimum atomic E-state index is -4.76. The normalized spacial score (nSPS) is 13.0. The van der Waals surface area contributed by atoms with E-state index in [1.807, 2.05) is 0 Å². The summed E-state index contributed by atoms with van der Waals surface area (Å²) in [6.45, 7) is 3.58. The molecule has 2 N–H and O–H groups in total. The zero-order valence-electron chi connectivity index (χ0n) is 29.0. The molecule has 0 aromatic heterocycles. The van der Waals surface area contributed by atoms with Gasteiger partial charge in [0.2, 0.25) is 0 Å². The first-order valence-corrected chi connectivity index (χ1v) is 19.5. The summed E-state index contributed by atoms with van der Waals surface area (Å²) >= 11 is 0. The summed E-state index contributed by atoms with van der Waals surface area (Å²) in [4.78, 5) is 42.6. The highest BCUT2D eigenvalue weighted by Crippen LogP contribution is 2.35. The Labute approximate surface area is 280 Å². The average Bonchev–Trinajstić information content (AvgIpc) is 3.02. The molecule has 0 aliphatic carbocycles. The van der Waals surface area contributed by atoms with Crippen molar-refractivity contribution in [1.82, 2.24) is 0 Å². The number of unbranched alkanes of at least 4 members (excludes halogenated alkanes) is 14. The second kappa shape index (κ2) is 32.9. The van der Waals surface area contributed by atoms with Crippen LogP contribution in [0.5, 0.6) is 0 Å². The number of hydrogen-bond acceptors (Lipinski definition) is 6. The summed E-state index contributed by atoms with van der Waals surface area (Å²) in [6, 6.07) is 0. The van der Waals surface area contributed by atoms with Crippen molar-refractivity contribution >= 4 is 19.8 Å². The van der Waals surface area contributed by atoms with Crippen molar-refractivity contribution < 1.29 is 37.9 Å². The van der Waals surface area contributed by atoms with Crippen molar-refractivity contribution in [3.05, 3.63) is 48.6 Å². The summed E-state index contributed by atoms with van der Waals surface area (Å²) in [7, 11) is -4.76. The molecule has 0 unspecified atom stereocenters. The van der Waals surface area contributed by atoms with Crippen LogP contribution < -0.4 is 0 Å². The van der Waals surface area contributed by atoms with E-state index in [2.05, 4.69) is 67.0 Å². The minimum absolute atomic E-state index is 0.182. The van der Waals surface area contributed by atoms with Gasteiger partial charge in [-0.2, -0.15) is 0 Å². The van der Waals surface area contributed by atoms with Crippen LogP contribution in [0.25, 0.3) is 0 Å². The van der Waals surface area contributed by atoms with Crippen molar-refractivity contribution in [3.8, 4) is 0 Å². The van der Waals surface area contributed by atoms with Gasteiger partial charge in [0, 0.05) is 12.8 Å². The van der Waals surface area contributed by atoms with Crippen molar-refractivity contribution in [2.75, 3.05) is 13.2 Å². The number of phosphoric acid groups is 1. The lowest BCUT2D eigenvalue weighted by Crippen LogP contribution is -2.29. The Morgan fingerprint density at radius 1 is 0.565 bits per heavy atom. The summed E-state index contributed by atoms with van der Waals surface area (Å²) < 4.78 is 26.2. The van der Waals surface area contributed by atoms with E-state index in [0.717, 1.165) is 57.8 Å². The molecule has 0 fully saturated rings. The lowest BCUT2D eigenvalue weighted by Gasteiger charge is -2.18. The van der Waals surface area contributed by atoms with Gasteiger partial charge in [-0.05, 0) is 77.0 Å². The van der Waals surface area contributed by atoms with Crippen LogP contribution in [0.3, 0.4) is 0 Å². The third-order valence-corrected chi connectivity index (χ3v) is 7.81. The molecule has 0 aliphatic heterocycles. The molecular formula is C37H65O8P. The van der Waals surface area contributed by atoms with Gasteiger partial charge in [-0.1, -0.05) is 114 Å². The number of esters is 2. The van der Waals surface area contributed by atoms with Crippen molar-refractivity contribution in [2.24, 2.45) is 0 Å². The molecule has 46 heavy (non-hydrogen) atoms. The molecule has 0 bridgehead atoms. The van der Waals surface area contributed by atoms with Crippen LogP contribution in [0, 0.1) is 0 Å². The topological polar surface area (TPSA) is 119 Å². The molecule has 0 heterocycles. The number of carbonyl (C=O) groups is 2. The number of ether oxygens (including phenoxy) is 2. The largest absolute Gasteiger partial charge is 0.469 e. The zero-order valence-corrected chi connectivity index (χ0v) is 29.9. The monoisotopic (exact) mass is 668 g/mol. The average molecular weight is 669 g/mol. The number of carbonyl (C=O) groups excluding carboxylic acids is 2. The molecule has 0 rings (SSSR count). The fourth-order valence-electron chi connectivity index (χ4n) is 4.61. The smallest absolute Gasteiger partial charge is 0.462 e. The molecule has 0 aliphatic rings. The van der Waals surface area contributed by atoms with Crippen LogP contribution in [0.15, 0.2) is 48.6 Å². The molecule has 0 spiro atoms. The standard InChI is InChI=1S/C37H65O8P/c1-3-5-7-9-11-13-15-17-18-20-21-23-25-27-29-31-36(38)43-33-35(34-44-46(40,41)42)45-37(39)32-30-28-26-24-22-19-16-14-12-10-8-6-4-2/h11,13,17-19,21-23,35H,3-10,12,14-16,20,24-34H2,1-2H3,(H2,40,41,42)/b13-11+,18-17+,22-19+,23-21+/t35-/m1/s1. The van der Waals surface area contributed by atoms with Gasteiger partial charge >= 0.3 is 19.8 Å². The highest BCUT2D eigenvalue weighted by Gasteiger charge is 2.22. The molecule has 0 aromatic rings. The van der Waals surface area contributed by atoms with E-state index in [4.69, 9.17) is 19.3 Å². The highest BCUT2D eigenvalue weighted by atomic mass is 31.2. The van der Waals surface area contributed by atoms with E-state index >= 15 is 0 Å². The summed E-state index contributed by atoms with van der Waals surface area (Å²) in [5, 5.41) is 0. The molecule has 0 radical (unpaired) electrons. The van der Waals surface area contributed by atoms with Crippen LogP contribution in [0.2, 0.25) is 0 Å². The number of allylic oxidation sites excluding steroid dienone is 8. The van der Waals surface area contributed by atoms with Crippen molar-refractivity contribution in [3.63, 3.8) is 0 Å². The van der Waals surface area contributed by atoms with Crippen molar-refractivity contribution in [2.45, 2.75) is 161 Å². The van der Waals surface area contributed by atoms with E-state index in [1.54, 1.807) is 0 Å². The first-order chi connectivity index (χ1) is 22.3. The fraction of sp³-hybridized carbons (Fsp3) is 0.730. The maximum Gasteiger partial charge on any atom is 0.469 e. The van der Waals surface area contributed by atoms with Crippen LogP contribution in [0.4, 0.5) is 0 Å². The van der Waals surface area contributed by atoms with Crippen molar-refractivity contribution in [1.29, 1.82) is 0 Å². The second-order valence-electron chi connectivity index (χ2n) is 11.8. The molecule has 0 amide bonds. The summed E-state index contributed by atoms with van der Waals surface area (Å²) in [5.74, 6) is -0.953. The predicted molar refractivity (Wildman–Crippen MR) is 188 cm³/mol. The van der Waals surface area contributed by atoms with E-state index in [-0.39, 0.29) is 19.4 Å². The van der Waals surface area contributed by atoms with E-state index in [9.17, 15) is 14.2 Å². The van der Waals surface area contributed by atoms with Gasteiger partial charge < -0.3 is 19.3 Å². The van der Waals surface area contributed by atoms with E-state index in [0.29, 0.717) is 12.8 Å². The maximum absolute atomic E-state index is 12.3. The first kappa shape index (κ1) is 44.0. The lowest BCUT2D eigenvalue weighted by molar-refractivity contribution is -0.161. The van der Waals surface area contributed by atoms with Crippen LogP contribution in [-0.2, 0) is 28.2 Å². The SMILES string of the molecule is CCCCC/C=C/C/C=C/C/C=C/CCCCC(=O)OC[C@H](COP(=O)(O)O)OC(=O)CCCCC/C=C/CCCCCCCC. The van der Waals surface area contributed by atoms with Gasteiger partial charge in [-0.25, -0.2) is 4.57 Å². The summed E-state index contributed by atoms with van der Waals surface area (Å²) in [6.07, 6.45) is 38.3.